The summed E-state index contributed by atoms with van der Waals surface area (Å²) in [4.78, 5) is 11.9. The Hall–Kier alpha value is -2.62. The van der Waals surface area contributed by atoms with E-state index in [1.54, 1.807) is 42.5 Å². The molecule has 0 radical (unpaired) electrons. The number of nitrogens with two attached hydrogens (primary N) is 1. The van der Waals surface area contributed by atoms with Gasteiger partial charge in [-0.15, -0.1) is 0 Å². The summed E-state index contributed by atoms with van der Waals surface area (Å²) in [5.41, 5.74) is 7.99. The molecule has 1 amide bonds. The van der Waals surface area contributed by atoms with E-state index >= 15 is 0 Å². The third-order valence-corrected chi connectivity index (χ3v) is 2.54. The highest BCUT2D eigenvalue weighted by atomic mass is 16.1. The number of carbonyl (C=O) groups excluding carboxylic acids is 1. The first-order chi connectivity index (χ1) is 8.70. The second-order valence-electron chi connectivity index (χ2n) is 3.81. The van der Waals surface area contributed by atoms with Gasteiger partial charge in [0.1, 0.15) is 0 Å². The largest absolute Gasteiger partial charge is 0.398 e. The van der Waals surface area contributed by atoms with Crippen LogP contribution in [0.3, 0.4) is 0 Å². The van der Waals surface area contributed by atoms with Crippen molar-refractivity contribution in [2.24, 2.45) is 0 Å². The van der Waals surface area contributed by atoms with Crippen LogP contribution in [-0.2, 0) is 0 Å². The van der Waals surface area contributed by atoms with E-state index in [-0.39, 0.29) is 5.91 Å². The summed E-state index contributed by atoms with van der Waals surface area (Å²) in [7, 11) is 0. The molecule has 2 aromatic rings. The van der Waals surface area contributed by atoms with E-state index in [4.69, 9.17) is 11.1 Å². The highest BCUT2D eigenvalue weighted by Crippen LogP contribution is 2.16. The number of hydrogen-bond acceptors (Lipinski definition) is 3. The van der Waals surface area contributed by atoms with Crippen LogP contribution in [0.15, 0.2) is 48.5 Å². The zero-order chi connectivity index (χ0) is 13.0. The highest BCUT2D eigenvalue weighted by molar-refractivity contribution is 6.04. The van der Waals surface area contributed by atoms with Gasteiger partial charge in [0.2, 0.25) is 0 Å². The first-order valence-corrected chi connectivity index (χ1v) is 5.47. The van der Waals surface area contributed by atoms with Gasteiger partial charge in [-0.25, -0.2) is 0 Å². The third kappa shape index (κ3) is 2.55. The van der Waals surface area contributed by atoms with Crippen molar-refractivity contribution < 1.29 is 4.79 Å². The predicted molar refractivity (Wildman–Crippen MR) is 73.1 cm³/mol. The van der Waals surface area contributed by atoms with E-state index in [1.165, 1.54) is 0 Å². The van der Waals surface area contributed by atoms with Gasteiger partial charge in [-0.2, -0.15) is 0 Å². The van der Waals surface area contributed by atoms with Crippen LogP contribution >= 0.6 is 0 Å². The summed E-state index contributed by atoms with van der Waals surface area (Å²) in [5, 5.41) is 9.97. The molecule has 4 N–H and O–H groups in total. The monoisotopic (exact) mass is 239 g/mol. The Morgan fingerprint density at radius 3 is 2.56 bits per heavy atom. The molecular formula is C14H13N3O. The van der Waals surface area contributed by atoms with Crippen LogP contribution in [0.2, 0.25) is 0 Å². The van der Waals surface area contributed by atoms with Crippen LogP contribution in [0.4, 0.5) is 11.4 Å². The van der Waals surface area contributed by atoms with Crippen LogP contribution < -0.4 is 11.1 Å². The fraction of sp³-hybridized carbons (Fsp3) is 0. The van der Waals surface area contributed by atoms with Crippen molar-refractivity contribution in [3.05, 3.63) is 59.7 Å². The van der Waals surface area contributed by atoms with Crippen molar-refractivity contribution in [1.29, 1.82) is 5.41 Å². The van der Waals surface area contributed by atoms with Crippen molar-refractivity contribution in [3.8, 4) is 0 Å². The molecule has 0 aromatic heterocycles. The van der Waals surface area contributed by atoms with Gasteiger partial charge in [0.25, 0.3) is 5.91 Å². The lowest BCUT2D eigenvalue weighted by molar-refractivity contribution is 0.102. The number of anilines is 2. The molecule has 90 valence electrons. The predicted octanol–water partition coefficient (Wildman–Crippen LogP) is 2.52. The molecule has 18 heavy (non-hydrogen) atoms. The number of rotatable bonds is 3. The molecule has 0 spiro atoms. The van der Waals surface area contributed by atoms with E-state index in [0.717, 1.165) is 6.21 Å². The molecular weight excluding hydrogens is 226 g/mol. The van der Waals surface area contributed by atoms with Crippen LogP contribution in [-0.4, -0.2) is 12.1 Å². The number of benzene rings is 2. The molecule has 4 nitrogen and oxygen atoms in total. The quantitative estimate of drug-likeness (QED) is 0.568. The second kappa shape index (κ2) is 5.14. The molecule has 0 heterocycles. The normalized spacial score (nSPS) is 9.78. The fourth-order valence-electron chi connectivity index (χ4n) is 1.57. The number of nitrogen functional groups attached to an aromatic ring is 1. The molecule has 0 bridgehead atoms. The maximum Gasteiger partial charge on any atom is 0.255 e. The van der Waals surface area contributed by atoms with E-state index in [9.17, 15) is 4.79 Å². The number of hydrogen-bond donors (Lipinski definition) is 3. The first kappa shape index (κ1) is 11.9. The summed E-state index contributed by atoms with van der Waals surface area (Å²) >= 11 is 0. The third-order valence-electron chi connectivity index (χ3n) is 2.54. The average Bonchev–Trinajstić information content (AvgIpc) is 2.42. The molecule has 0 aliphatic rings. The minimum Gasteiger partial charge on any atom is -0.398 e. The Morgan fingerprint density at radius 2 is 1.89 bits per heavy atom. The van der Waals surface area contributed by atoms with Crippen molar-refractivity contribution in [1.82, 2.24) is 0 Å². The Morgan fingerprint density at radius 1 is 1.17 bits per heavy atom. The molecule has 2 rings (SSSR count). The maximum atomic E-state index is 11.9. The zero-order valence-corrected chi connectivity index (χ0v) is 9.68. The number of amides is 1. The lowest BCUT2D eigenvalue weighted by Crippen LogP contribution is -2.12. The van der Waals surface area contributed by atoms with Gasteiger partial charge in [0.15, 0.2) is 0 Å². The van der Waals surface area contributed by atoms with Crippen LogP contribution in [0, 0.1) is 5.41 Å². The van der Waals surface area contributed by atoms with E-state index < -0.39 is 0 Å². The molecule has 0 unspecified atom stereocenters. The standard InChI is InChI=1S/C14H13N3O/c15-9-11-8-12(6-7-13(11)16)17-14(18)10-4-2-1-3-5-10/h1-9,15H,16H2,(H,17,18). The average molecular weight is 239 g/mol. The fourth-order valence-corrected chi connectivity index (χ4v) is 1.57. The summed E-state index contributed by atoms with van der Waals surface area (Å²) in [6.07, 6.45) is 1.16. The SMILES string of the molecule is N=Cc1cc(NC(=O)c2ccccc2)ccc1N. The van der Waals surface area contributed by atoms with Gasteiger partial charge in [-0.1, -0.05) is 18.2 Å². The number of nitrogens with one attached hydrogen (secondary N) is 2. The van der Waals surface area contributed by atoms with Gasteiger partial charge < -0.3 is 16.5 Å². The van der Waals surface area contributed by atoms with Crippen molar-refractivity contribution in [3.63, 3.8) is 0 Å². The summed E-state index contributed by atoms with van der Waals surface area (Å²) in [5.74, 6) is -0.184. The topological polar surface area (TPSA) is 79.0 Å². The van der Waals surface area contributed by atoms with Crippen molar-refractivity contribution in [2.75, 3.05) is 11.1 Å². The molecule has 0 atom stereocenters. The van der Waals surface area contributed by atoms with Gasteiger partial charge in [-0.3, -0.25) is 4.79 Å². The van der Waals surface area contributed by atoms with Gasteiger partial charge in [0.05, 0.1) is 0 Å². The van der Waals surface area contributed by atoms with E-state index in [1.807, 2.05) is 6.07 Å². The molecule has 4 heteroatoms. The Kier molecular flexibility index (Phi) is 3.38. The summed E-state index contributed by atoms with van der Waals surface area (Å²) in [6.45, 7) is 0. The molecule has 2 aromatic carbocycles. The van der Waals surface area contributed by atoms with Crippen LogP contribution in [0.1, 0.15) is 15.9 Å². The van der Waals surface area contributed by atoms with Crippen molar-refractivity contribution >= 4 is 23.5 Å². The Balaban J connectivity index is 2.20. The number of carbonyl (C=O) groups is 1. The smallest absolute Gasteiger partial charge is 0.255 e. The van der Waals surface area contributed by atoms with Gasteiger partial charge in [0, 0.05) is 28.7 Å². The Bertz CT molecular complexity index is 579. The maximum absolute atomic E-state index is 11.9. The van der Waals surface area contributed by atoms with Gasteiger partial charge in [-0.05, 0) is 30.3 Å². The van der Waals surface area contributed by atoms with Crippen LogP contribution in [0.25, 0.3) is 0 Å². The van der Waals surface area contributed by atoms with E-state index in [2.05, 4.69) is 5.32 Å². The first-order valence-electron chi connectivity index (χ1n) is 5.47. The second-order valence-corrected chi connectivity index (χ2v) is 3.81. The van der Waals surface area contributed by atoms with Crippen LogP contribution in [0.5, 0.6) is 0 Å². The molecule has 0 aliphatic heterocycles. The van der Waals surface area contributed by atoms with E-state index in [0.29, 0.717) is 22.5 Å². The van der Waals surface area contributed by atoms with Crippen molar-refractivity contribution in [2.45, 2.75) is 0 Å². The Labute approximate surface area is 105 Å². The lowest BCUT2D eigenvalue weighted by atomic mass is 10.1. The molecule has 0 saturated heterocycles. The highest BCUT2D eigenvalue weighted by Gasteiger charge is 2.06. The lowest BCUT2D eigenvalue weighted by Gasteiger charge is -2.07. The molecule has 0 aliphatic carbocycles. The molecule has 0 saturated carbocycles. The summed E-state index contributed by atoms with van der Waals surface area (Å²) in [6, 6.07) is 14.0. The molecule has 0 fully saturated rings. The summed E-state index contributed by atoms with van der Waals surface area (Å²) < 4.78 is 0. The zero-order valence-electron chi connectivity index (χ0n) is 9.68. The minimum absolute atomic E-state index is 0.184. The minimum atomic E-state index is -0.184. The van der Waals surface area contributed by atoms with Gasteiger partial charge >= 0.3 is 0 Å².